The van der Waals surface area contributed by atoms with E-state index in [9.17, 15) is 5.11 Å². The molecule has 1 aliphatic rings. The second-order valence-electron chi connectivity index (χ2n) is 6.58. The molecule has 1 unspecified atom stereocenters. The van der Waals surface area contributed by atoms with Gasteiger partial charge in [0.05, 0.1) is 22.4 Å². The van der Waals surface area contributed by atoms with Gasteiger partial charge < -0.3 is 5.11 Å². The van der Waals surface area contributed by atoms with Crippen molar-refractivity contribution in [3.05, 3.63) is 45.4 Å². The number of thioether (sulfide) groups is 1. The van der Waals surface area contributed by atoms with E-state index < -0.39 is 0 Å². The molecule has 4 heteroatoms. The number of benzene rings is 1. The summed E-state index contributed by atoms with van der Waals surface area (Å²) in [5.74, 6) is 0.883. The van der Waals surface area contributed by atoms with Gasteiger partial charge in [-0.05, 0) is 37.3 Å². The summed E-state index contributed by atoms with van der Waals surface area (Å²) in [6.07, 6.45) is 1.48. The summed E-state index contributed by atoms with van der Waals surface area (Å²) in [4.78, 5) is 7.13. The molecule has 1 aromatic heterocycles. The minimum atomic E-state index is -0.334. The quantitative estimate of drug-likeness (QED) is 0.829. The molecule has 1 aromatic carbocycles. The Balaban J connectivity index is 1.72. The lowest BCUT2D eigenvalue weighted by Crippen LogP contribution is -2.24. The third-order valence-electron chi connectivity index (χ3n) is 3.85. The fourth-order valence-corrected chi connectivity index (χ4v) is 4.74. The van der Waals surface area contributed by atoms with Crippen molar-refractivity contribution in [2.75, 3.05) is 0 Å². The summed E-state index contributed by atoms with van der Waals surface area (Å²) >= 11 is 3.50. The van der Waals surface area contributed by atoms with Crippen LogP contribution in [0.25, 0.3) is 0 Å². The van der Waals surface area contributed by atoms with E-state index in [0.717, 1.165) is 34.2 Å². The van der Waals surface area contributed by atoms with Crippen LogP contribution in [0.2, 0.25) is 0 Å². The molecule has 0 radical (unpaired) electrons. The van der Waals surface area contributed by atoms with Gasteiger partial charge in [0.2, 0.25) is 0 Å². The summed E-state index contributed by atoms with van der Waals surface area (Å²) in [6.45, 7) is 6.52. The minimum Gasteiger partial charge on any atom is -0.387 e. The Hall–Kier alpha value is -0.840. The van der Waals surface area contributed by atoms with Crippen LogP contribution in [-0.2, 0) is 12.2 Å². The minimum absolute atomic E-state index is 0.155. The largest absolute Gasteiger partial charge is 0.387 e. The Morgan fingerprint density at radius 2 is 2.05 bits per heavy atom. The molecule has 1 aliphatic carbocycles. The number of hydrogen-bond donors (Lipinski definition) is 1. The zero-order chi connectivity index (χ0) is 15.0. The Kier molecular flexibility index (Phi) is 4.12. The van der Waals surface area contributed by atoms with Crippen LogP contribution in [-0.4, -0.2) is 10.1 Å². The topological polar surface area (TPSA) is 33.1 Å². The SMILES string of the molecule is Cc1ccc(SCc2nc3c(s2)C(O)CC(C)(C)C3)cc1. The van der Waals surface area contributed by atoms with Gasteiger partial charge in [-0.1, -0.05) is 31.5 Å². The number of aliphatic hydroxyl groups excluding tert-OH is 1. The van der Waals surface area contributed by atoms with Crippen molar-refractivity contribution in [1.82, 2.24) is 4.98 Å². The molecule has 0 saturated heterocycles. The monoisotopic (exact) mass is 319 g/mol. The van der Waals surface area contributed by atoms with Crippen LogP contribution < -0.4 is 0 Å². The Morgan fingerprint density at radius 1 is 1.33 bits per heavy atom. The van der Waals surface area contributed by atoms with Gasteiger partial charge in [0, 0.05) is 4.90 Å². The van der Waals surface area contributed by atoms with Gasteiger partial charge in [0.25, 0.3) is 0 Å². The number of rotatable bonds is 3. The Labute approximate surface area is 134 Å². The van der Waals surface area contributed by atoms with Crippen molar-refractivity contribution < 1.29 is 5.11 Å². The van der Waals surface area contributed by atoms with E-state index in [4.69, 9.17) is 4.98 Å². The van der Waals surface area contributed by atoms with Crippen LogP contribution in [0.3, 0.4) is 0 Å². The van der Waals surface area contributed by atoms with E-state index in [1.807, 2.05) is 11.8 Å². The van der Waals surface area contributed by atoms with Crippen molar-refractivity contribution >= 4 is 23.1 Å². The predicted molar refractivity (Wildman–Crippen MR) is 89.9 cm³/mol. The van der Waals surface area contributed by atoms with Crippen molar-refractivity contribution in [1.29, 1.82) is 0 Å². The summed E-state index contributed by atoms with van der Waals surface area (Å²) in [6, 6.07) is 8.60. The smallest absolute Gasteiger partial charge is 0.103 e. The number of thiazole rings is 1. The highest BCUT2D eigenvalue weighted by Crippen LogP contribution is 2.43. The third-order valence-corrected chi connectivity index (χ3v) is 6.25. The van der Waals surface area contributed by atoms with E-state index in [1.165, 1.54) is 10.5 Å². The summed E-state index contributed by atoms with van der Waals surface area (Å²) in [7, 11) is 0. The van der Waals surface area contributed by atoms with Crippen LogP contribution >= 0.6 is 23.1 Å². The fraction of sp³-hybridized carbons (Fsp3) is 0.471. The molecule has 1 atom stereocenters. The molecule has 0 bridgehead atoms. The van der Waals surface area contributed by atoms with Gasteiger partial charge in [-0.15, -0.1) is 23.1 Å². The maximum absolute atomic E-state index is 10.3. The first-order valence-electron chi connectivity index (χ1n) is 7.29. The van der Waals surface area contributed by atoms with Gasteiger partial charge in [-0.25, -0.2) is 4.98 Å². The van der Waals surface area contributed by atoms with Gasteiger partial charge in [-0.3, -0.25) is 0 Å². The van der Waals surface area contributed by atoms with Gasteiger partial charge >= 0.3 is 0 Å². The number of aliphatic hydroxyl groups is 1. The van der Waals surface area contributed by atoms with Crippen LogP contribution in [0.5, 0.6) is 0 Å². The van der Waals surface area contributed by atoms with Crippen molar-refractivity contribution in [3.63, 3.8) is 0 Å². The van der Waals surface area contributed by atoms with E-state index in [-0.39, 0.29) is 11.5 Å². The fourth-order valence-electron chi connectivity index (χ4n) is 2.78. The van der Waals surface area contributed by atoms with Crippen LogP contribution in [0, 0.1) is 12.3 Å². The van der Waals surface area contributed by atoms with Crippen LogP contribution in [0.15, 0.2) is 29.2 Å². The van der Waals surface area contributed by atoms with E-state index in [0.29, 0.717) is 0 Å². The standard InChI is InChI=1S/C17H21NOS2/c1-11-4-6-12(7-5-11)20-10-15-18-13-8-17(2,3)9-14(19)16(13)21-15/h4-7,14,19H,8-10H2,1-3H3. The second-order valence-corrected chi connectivity index (χ2v) is 8.75. The molecular formula is C17H21NOS2. The summed E-state index contributed by atoms with van der Waals surface area (Å²) in [5, 5.41) is 11.4. The van der Waals surface area contributed by atoms with E-state index in [1.54, 1.807) is 11.3 Å². The average Bonchev–Trinajstić information content (AvgIpc) is 2.80. The molecule has 0 fully saturated rings. The van der Waals surface area contributed by atoms with Gasteiger partial charge in [0.1, 0.15) is 5.01 Å². The lowest BCUT2D eigenvalue weighted by molar-refractivity contribution is 0.102. The number of aromatic nitrogens is 1. The van der Waals surface area contributed by atoms with Gasteiger partial charge in [-0.2, -0.15) is 0 Å². The molecular weight excluding hydrogens is 298 g/mol. The predicted octanol–water partition coefficient (Wildman–Crippen LogP) is 4.75. The number of nitrogens with zero attached hydrogens (tertiary/aromatic N) is 1. The molecule has 0 spiro atoms. The third kappa shape index (κ3) is 3.50. The maximum Gasteiger partial charge on any atom is 0.103 e. The Bertz CT molecular complexity index is 631. The second kappa shape index (κ2) is 5.75. The van der Waals surface area contributed by atoms with Crippen molar-refractivity contribution in [2.24, 2.45) is 5.41 Å². The van der Waals surface area contributed by atoms with Crippen molar-refractivity contribution in [3.8, 4) is 0 Å². The van der Waals surface area contributed by atoms with E-state index >= 15 is 0 Å². The molecule has 0 saturated carbocycles. The summed E-state index contributed by atoms with van der Waals surface area (Å²) in [5.41, 5.74) is 2.56. The molecule has 0 aliphatic heterocycles. The first-order chi connectivity index (χ1) is 9.93. The molecule has 2 aromatic rings. The molecule has 21 heavy (non-hydrogen) atoms. The molecule has 2 nitrogen and oxygen atoms in total. The molecule has 112 valence electrons. The average molecular weight is 319 g/mol. The highest BCUT2D eigenvalue weighted by molar-refractivity contribution is 7.98. The number of aryl methyl sites for hydroxylation is 1. The maximum atomic E-state index is 10.3. The first-order valence-corrected chi connectivity index (χ1v) is 9.09. The lowest BCUT2D eigenvalue weighted by atomic mass is 9.77. The molecule has 1 N–H and O–H groups in total. The van der Waals surface area contributed by atoms with Crippen LogP contribution in [0.4, 0.5) is 0 Å². The number of fused-ring (bicyclic) bond motifs is 1. The zero-order valence-electron chi connectivity index (χ0n) is 12.7. The normalized spacial score (nSPS) is 20.3. The number of hydrogen-bond acceptors (Lipinski definition) is 4. The van der Waals surface area contributed by atoms with Gasteiger partial charge in [0.15, 0.2) is 0 Å². The molecule has 1 heterocycles. The molecule has 0 amide bonds. The van der Waals surface area contributed by atoms with Crippen molar-refractivity contribution in [2.45, 2.75) is 50.4 Å². The van der Waals surface area contributed by atoms with Crippen LogP contribution in [0.1, 0.15) is 47.5 Å². The van der Waals surface area contributed by atoms with E-state index in [2.05, 4.69) is 45.0 Å². The Morgan fingerprint density at radius 3 is 2.76 bits per heavy atom. The highest BCUT2D eigenvalue weighted by Gasteiger charge is 2.33. The first kappa shape index (κ1) is 15.1. The lowest BCUT2D eigenvalue weighted by Gasteiger charge is -2.31. The highest BCUT2D eigenvalue weighted by atomic mass is 32.2. The summed E-state index contributed by atoms with van der Waals surface area (Å²) < 4.78 is 0. The molecule has 3 rings (SSSR count). The zero-order valence-corrected chi connectivity index (χ0v) is 14.4.